The largest absolute Gasteiger partial charge is 0.465 e. The van der Waals surface area contributed by atoms with E-state index in [9.17, 15) is 22.0 Å². The minimum atomic E-state index is -4.28. The Kier molecular flexibility index (Phi) is 5.53. The monoisotopic (exact) mass is 442 g/mol. The Hall–Kier alpha value is -3.05. The van der Waals surface area contributed by atoms with Crippen LogP contribution in [0.15, 0.2) is 52.5 Å². The van der Waals surface area contributed by atoms with Gasteiger partial charge in [0.15, 0.2) is 5.03 Å². The average molecular weight is 443 g/mol. The van der Waals surface area contributed by atoms with E-state index in [4.69, 9.17) is 16.7 Å². The van der Waals surface area contributed by atoms with Gasteiger partial charge in [0.1, 0.15) is 22.5 Å². The maximum atomic E-state index is 14.3. The normalized spacial score (nSPS) is 11.4. The molecule has 0 spiro atoms. The lowest BCUT2D eigenvalue weighted by molar-refractivity contribution is 0.153. The summed E-state index contributed by atoms with van der Waals surface area (Å²) in [6, 6.07) is 6.04. The molecule has 0 radical (unpaired) electrons. The first kappa shape index (κ1) is 20.7. The molecule has 0 bridgehead atoms. The van der Waals surface area contributed by atoms with Crippen LogP contribution in [0.1, 0.15) is 5.69 Å². The summed E-state index contributed by atoms with van der Waals surface area (Å²) in [7, 11) is -3.02. The second-order valence-electron chi connectivity index (χ2n) is 5.94. The van der Waals surface area contributed by atoms with Crippen LogP contribution in [0.3, 0.4) is 0 Å². The minimum Gasteiger partial charge on any atom is -0.465 e. The van der Waals surface area contributed by atoms with Crippen molar-refractivity contribution < 1.29 is 27.1 Å². The van der Waals surface area contributed by atoms with Gasteiger partial charge in [-0.15, -0.1) is 0 Å². The molecule has 0 saturated carbocycles. The fourth-order valence-electron chi connectivity index (χ4n) is 2.45. The molecule has 12 heteroatoms. The van der Waals surface area contributed by atoms with E-state index in [-0.39, 0.29) is 22.3 Å². The maximum absolute atomic E-state index is 14.3. The first-order valence-corrected chi connectivity index (χ1v) is 9.81. The lowest BCUT2D eigenvalue weighted by Crippen LogP contribution is -2.24. The van der Waals surface area contributed by atoms with E-state index in [0.717, 1.165) is 35.4 Å². The van der Waals surface area contributed by atoms with Gasteiger partial charge in [0.05, 0.1) is 17.1 Å². The van der Waals surface area contributed by atoms with Crippen LogP contribution >= 0.6 is 11.6 Å². The summed E-state index contributed by atoms with van der Waals surface area (Å²) in [5.41, 5.74) is -0.436. The van der Waals surface area contributed by atoms with Crippen molar-refractivity contribution in [2.24, 2.45) is 0 Å². The zero-order valence-corrected chi connectivity index (χ0v) is 16.3. The van der Waals surface area contributed by atoms with Crippen LogP contribution in [0, 0.1) is 11.6 Å². The number of pyridine rings is 1. The highest BCUT2D eigenvalue weighted by atomic mass is 35.5. The van der Waals surface area contributed by atoms with Crippen LogP contribution in [-0.2, 0) is 16.4 Å². The lowest BCUT2D eigenvalue weighted by atomic mass is 10.3. The first-order valence-electron chi connectivity index (χ1n) is 7.94. The Morgan fingerprint density at radius 2 is 1.97 bits per heavy atom. The molecule has 3 rings (SSSR count). The number of nitrogens with zero attached hydrogens (tertiary/aromatic N) is 4. The van der Waals surface area contributed by atoms with Gasteiger partial charge in [-0.25, -0.2) is 31.7 Å². The van der Waals surface area contributed by atoms with Crippen molar-refractivity contribution in [3.05, 3.63) is 65.1 Å². The molecule has 8 nitrogen and oxygen atoms in total. The summed E-state index contributed by atoms with van der Waals surface area (Å²) >= 11 is 5.69. The van der Waals surface area contributed by atoms with Crippen molar-refractivity contribution in [3.8, 4) is 5.69 Å². The maximum Gasteiger partial charge on any atom is 0.407 e. The number of benzene rings is 1. The van der Waals surface area contributed by atoms with Crippen molar-refractivity contribution in [2.45, 2.75) is 16.5 Å². The van der Waals surface area contributed by atoms with E-state index < -0.39 is 38.3 Å². The SMILES string of the molecule is CN(Cc1cc(S(=O)(=O)c2ccc(Cl)nc2)n(-c2cc(F)ccc2F)n1)C(=O)O. The summed E-state index contributed by atoms with van der Waals surface area (Å²) < 4.78 is 54.9. The standard InChI is InChI=1S/C17H13ClF2N4O4S/c1-23(17(25)26)9-11-7-16(29(27,28)12-3-5-15(18)21-8-12)24(22-11)14-6-10(19)2-4-13(14)20/h2-8H,9H2,1H3,(H,25,26). The Balaban J connectivity index is 2.21. The molecular weight excluding hydrogens is 430 g/mol. The molecule has 152 valence electrons. The first-order chi connectivity index (χ1) is 13.6. The molecule has 1 amide bonds. The van der Waals surface area contributed by atoms with Crippen LogP contribution in [0.5, 0.6) is 0 Å². The number of carbonyl (C=O) groups is 1. The van der Waals surface area contributed by atoms with Gasteiger partial charge in [0.2, 0.25) is 9.84 Å². The van der Waals surface area contributed by atoms with E-state index in [0.29, 0.717) is 4.68 Å². The van der Waals surface area contributed by atoms with Crippen molar-refractivity contribution in [2.75, 3.05) is 7.05 Å². The lowest BCUT2D eigenvalue weighted by Gasteiger charge is -2.10. The molecule has 1 aromatic carbocycles. The van der Waals surface area contributed by atoms with Crippen LogP contribution in [0.4, 0.5) is 13.6 Å². The molecule has 0 unspecified atom stereocenters. The molecule has 29 heavy (non-hydrogen) atoms. The predicted octanol–water partition coefficient (Wildman–Crippen LogP) is 3.14. The summed E-state index contributed by atoms with van der Waals surface area (Å²) in [6.45, 7) is -0.277. The van der Waals surface area contributed by atoms with Crippen molar-refractivity contribution in [3.63, 3.8) is 0 Å². The Morgan fingerprint density at radius 3 is 2.59 bits per heavy atom. The Morgan fingerprint density at radius 1 is 1.24 bits per heavy atom. The quantitative estimate of drug-likeness (QED) is 0.608. The molecule has 2 aromatic heterocycles. The molecule has 3 aromatic rings. The number of carboxylic acid groups (broad SMARTS) is 1. The molecule has 0 aliphatic heterocycles. The number of rotatable bonds is 5. The molecule has 1 N–H and O–H groups in total. The highest BCUT2D eigenvalue weighted by Crippen LogP contribution is 2.26. The number of halogens is 3. The molecule has 0 saturated heterocycles. The van der Waals surface area contributed by atoms with E-state index in [1.54, 1.807) is 0 Å². The highest BCUT2D eigenvalue weighted by Gasteiger charge is 2.27. The Bertz CT molecular complexity index is 1180. The third kappa shape index (κ3) is 4.20. The minimum absolute atomic E-state index is 0.0130. The summed E-state index contributed by atoms with van der Waals surface area (Å²) in [5, 5.41) is 12.6. The number of hydrogen-bond acceptors (Lipinski definition) is 5. The van der Waals surface area contributed by atoms with Gasteiger partial charge in [-0.1, -0.05) is 11.6 Å². The van der Waals surface area contributed by atoms with Crippen LogP contribution in [-0.4, -0.2) is 46.3 Å². The molecule has 2 heterocycles. The summed E-state index contributed by atoms with van der Waals surface area (Å²) in [4.78, 5) is 15.4. The number of amides is 1. The van der Waals surface area contributed by atoms with Crippen LogP contribution < -0.4 is 0 Å². The van der Waals surface area contributed by atoms with Gasteiger partial charge in [0, 0.05) is 25.4 Å². The smallest absolute Gasteiger partial charge is 0.407 e. The topological polar surface area (TPSA) is 105 Å². The number of aromatic nitrogens is 3. The predicted molar refractivity (Wildman–Crippen MR) is 97.7 cm³/mol. The summed E-state index contributed by atoms with van der Waals surface area (Å²) in [6.07, 6.45) is -0.261. The van der Waals surface area contributed by atoms with E-state index in [1.807, 2.05) is 0 Å². The third-order valence-electron chi connectivity index (χ3n) is 3.88. The van der Waals surface area contributed by atoms with Gasteiger partial charge in [0.25, 0.3) is 0 Å². The van der Waals surface area contributed by atoms with Crippen molar-refractivity contribution >= 4 is 27.5 Å². The Labute approximate surface area is 168 Å². The van der Waals surface area contributed by atoms with Crippen molar-refractivity contribution in [1.82, 2.24) is 19.7 Å². The van der Waals surface area contributed by atoms with E-state index in [2.05, 4.69) is 10.1 Å². The molecular formula is C17H13ClF2N4O4S. The molecule has 0 aliphatic carbocycles. The van der Waals surface area contributed by atoms with Crippen molar-refractivity contribution in [1.29, 1.82) is 0 Å². The zero-order valence-electron chi connectivity index (χ0n) is 14.8. The summed E-state index contributed by atoms with van der Waals surface area (Å²) in [5.74, 6) is -1.73. The van der Waals surface area contributed by atoms with Gasteiger partial charge < -0.3 is 10.0 Å². The second kappa shape index (κ2) is 7.76. The molecule has 0 aliphatic rings. The molecule has 0 fully saturated rings. The molecule has 0 atom stereocenters. The van der Waals surface area contributed by atoms with Gasteiger partial charge in [-0.2, -0.15) is 5.10 Å². The van der Waals surface area contributed by atoms with Gasteiger partial charge in [-0.3, -0.25) is 0 Å². The van der Waals surface area contributed by atoms with Gasteiger partial charge in [-0.05, 0) is 24.3 Å². The second-order valence-corrected chi connectivity index (χ2v) is 8.22. The van der Waals surface area contributed by atoms with E-state index >= 15 is 0 Å². The zero-order chi connectivity index (χ0) is 21.3. The number of sulfone groups is 1. The fourth-order valence-corrected chi connectivity index (χ4v) is 3.90. The van der Waals surface area contributed by atoms with Crippen LogP contribution in [0.2, 0.25) is 5.15 Å². The van der Waals surface area contributed by atoms with Crippen LogP contribution in [0.25, 0.3) is 5.69 Å². The van der Waals surface area contributed by atoms with Gasteiger partial charge >= 0.3 is 6.09 Å². The number of hydrogen-bond donors (Lipinski definition) is 1. The fraction of sp³-hybridized carbons (Fsp3) is 0.118. The van der Waals surface area contributed by atoms with E-state index in [1.165, 1.54) is 19.2 Å². The average Bonchev–Trinajstić information content (AvgIpc) is 3.08. The third-order valence-corrected chi connectivity index (χ3v) is 5.80. The highest BCUT2D eigenvalue weighted by molar-refractivity contribution is 7.91.